The van der Waals surface area contributed by atoms with Gasteiger partial charge in [0.05, 0.1) is 23.9 Å². The molecular weight excluding hydrogens is 339 g/mol. The second-order valence-electron chi connectivity index (χ2n) is 5.60. The van der Waals surface area contributed by atoms with Crippen LogP contribution in [0.25, 0.3) is 0 Å². The zero-order valence-corrected chi connectivity index (χ0v) is 15.8. The Morgan fingerprint density at radius 3 is 2.60 bits per heavy atom. The smallest absolute Gasteiger partial charge is 0.191 e. The van der Waals surface area contributed by atoms with Gasteiger partial charge >= 0.3 is 0 Å². The molecule has 0 unspecified atom stereocenters. The highest BCUT2D eigenvalue weighted by molar-refractivity contribution is 7.11. The number of unbranched alkanes of at least 4 members (excludes halogenated alkanes) is 1. The molecule has 7 heteroatoms. The van der Waals surface area contributed by atoms with E-state index >= 15 is 0 Å². The Kier molecular flexibility index (Phi) is 7.66. The first-order valence-corrected chi connectivity index (χ1v) is 9.16. The van der Waals surface area contributed by atoms with Gasteiger partial charge in [0.15, 0.2) is 5.96 Å². The van der Waals surface area contributed by atoms with Crippen molar-refractivity contribution in [3.63, 3.8) is 0 Å². The van der Waals surface area contributed by atoms with Crippen LogP contribution in [-0.2, 0) is 6.54 Å². The van der Waals surface area contributed by atoms with Crippen molar-refractivity contribution in [3.8, 4) is 5.75 Å². The molecule has 0 aliphatic heterocycles. The number of ether oxygens (including phenoxy) is 1. The van der Waals surface area contributed by atoms with Crippen LogP contribution >= 0.6 is 11.3 Å². The van der Waals surface area contributed by atoms with Gasteiger partial charge in [0.25, 0.3) is 0 Å². The lowest BCUT2D eigenvalue weighted by Gasteiger charge is -2.11. The highest BCUT2D eigenvalue weighted by Gasteiger charge is 2.05. The number of nitrogens with one attached hydrogen (secondary N) is 2. The minimum absolute atomic E-state index is 0.251. The van der Waals surface area contributed by atoms with E-state index < -0.39 is 0 Å². The van der Waals surface area contributed by atoms with Crippen LogP contribution < -0.4 is 15.4 Å². The van der Waals surface area contributed by atoms with E-state index in [1.54, 1.807) is 30.5 Å². The zero-order valence-electron chi connectivity index (χ0n) is 14.9. The lowest BCUT2D eigenvalue weighted by Crippen LogP contribution is -2.37. The molecule has 2 N–H and O–H groups in total. The molecule has 0 saturated heterocycles. The average molecular weight is 364 g/mol. The summed E-state index contributed by atoms with van der Waals surface area (Å²) in [6.07, 6.45) is 1.87. The van der Waals surface area contributed by atoms with Crippen LogP contribution in [0, 0.1) is 19.7 Å². The highest BCUT2D eigenvalue weighted by atomic mass is 32.1. The van der Waals surface area contributed by atoms with Gasteiger partial charge in [-0.25, -0.2) is 9.37 Å². The Morgan fingerprint density at radius 2 is 1.96 bits per heavy atom. The molecular formula is C18H25FN4OS. The summed E-state index contributed by atoms with van der Waals surface area (Å²) in [6, 6.07) is 6.09. The third-order valence-corrected chi connectivity index (χ3v) is 4.66. The number of hydrogen-bond donors (Lipinski definition) is 2. The molecule has 2 aromatic rings. The molecule has 0 aliphatic rings. The first kappa shape index (κ1) is 19.2. The van der Waals surface area contributed by atoms with E-state index in [0.717, 1.165) is 42.6 Å². The summed E-state index contributed by atoms with van der Waals surface area (Å²) in [6.45, 7) is 6.19. The molecule has 2 rings (SSSR count). The third kappa shape index (κ3) is 6.70. The Balaban J connectivity index is 1.59. The van der Waals surface area contributed by atoms with Crippen molar-refractivity contribution in [3.05, 3.63) is 45.7 Å². The molecule has 0 bridgehead atoms. The number of benzene rings is 1. The summed E-state index contributed by atoms with van der Waals surface area (Å²) in [4.78, 5) is 9.88. The van der Waals surface area contributed by atoms with Gasteiger partial charge in [-0.15, -0.1) is 11.3 Å². The van der Waals surface area contributed by atoms with Crippen LogP contribution in [0.2, 0.25) is 0 Å². The molecule has 0 atom stereocenters. The minimum atomic E-state index is -0.251. The predicted octanol–water partition coefficient (Wildman–Crippen LogP) is 3.42. The van der Waals surface area contributed by atoms with Gasteiger partial charge in [-0.3, -0.25) is 4.99 Å². The third-order valence-electron chi connectivity index (χ3n) is 3.59. The lowest BCUT2D eigenvalue weighted by molar-refractivity contribution is 0.306. The van der Waals surface area contributed by atoms with Gasteiger partial charge in [0.2, 0.25) is 0 Å². The largest absolute Gasteiger partial charge is 0.494 e. The van der Waals surface area contributed by atoms with Crippen LogP contribution in [0.1, 0.15) is 28.4 Å². The Morgan fingerprint density at radius 1 is 1.20 bits per heavy atom. The van der Waals surface area contributed by atoms with Gasteiger partial charge in [0.1, 0.15) is 11.6 Å². The number of halogens is 1. The van der Waals surface area contributed by atoms with Crippen molar-refractivity contribution in [2.45, 2.75) is 33.2 Å². The Hall–Kier alpha value is -2.15. The number of guanidine groups is 1. The van der Waals surface area contributed by atoms with Gasteiger partial charge < -0.3 is 15.4 Å². The first-order chi connectivity index (χ1) is 12.1. The van der Waals surface area contributed by atoms with Gasteiger partial charge in [0, 0.05) is 18.5 Å². The monoisotopic (exact) mass is 364 g/mol. The zero-order chi connectivity index (χ0) is 18.1. The first-order valence-electron chi connectivity index (χ1n) is 8.34. The Bertz CT molecular complexity index is 685. The molecule has 5 nitrogen and oxygen atoms in total. The number of thiazole rings is 1. The van der Waals surface area contributed by atoms with E-state index in [4.69, 9.17) is 4.74 Å². The minimum Gasteiger partial charge on any atom is -0.494 e. The van der Waals surface area contributed by atoms with Gasteiger partial charge in [-0.2, -0.15) is 0 Å². The second kappa shape index (κ2) is 9.98. The number of nitrogens with zero attached hydrogens (tertiary/aromatic N) is 2. The molecule has 136 valence electrons. The molecule has 0 fully saturated rings. The van der Waals surface area contributed by atoms with Crippen LogP contribution in [0.15, 0.2) is 29.3 Å². The molecule has 0 spiro atoms. The maximum absolute atomic E-state index is 12.8. The summed E-state index contributed by atoms with van der Waals surface area (Å²) < 4.78 is 18.4. The number of aliphatic imine (C=N–C) groups is 1. The average Bonchev–Trinajstić information content (AvgIpc) is 2.92. The molecule has 1 heterocycles. The molecule has 1 aromatic carbocycles. The standard InChI is InChI=1S/C18H25FN4OS/c1-13-17(25-14(2)23-13)12-22-18(20-3)21-10-4-5-11-24-16-8-6-15(19)7-9-16/h6-9H,4-5,10-12H2,1-3H3,(H2,20,21,22). The SMILES string of the molecule is CN=C(NCCCCOc1ccc(F)cc1)NCc1sc(C)nc1C. The van der Waals surface area contributed by atoms with E-state index in [1.807, 2.05) is 13.8 Å². The predicted molar refractivity (Wildman–Crippen MR) is 101 cm³/mol. The molecule has 0 aliphatic carbocycles. The number of aromatic nitrogens is 1. The fourth-order valence-electron chi connectivity index (χ4n) is 2.28. The number of rotatable bonds is 8. The van der Waals surface area contributed by atoms with Crippen molar-refractivity contribution >= 4 is 17.3 Å². The molecule has 0 radical (unpaired) electrons. The van der Waals surface area contributed by atoms with Crippen LogP contribution in [0.5, 0.6) is 5.75 Å². The van der Waals surface area contributed by atoms with Crippen molar-refractivity contribution in [2.75, 3.05) is 20.2 Å². The number of hydrogen-bond acceptors (Lipinski definition) is 4. The maximum atomic E-state index is 12.8. The van der Waals surface area contributed by atoms with Crippen molar-refractivity contribution in [1.82, 2.24) is 15.6 Å². The van der Waals surface area contributed by atoms with E-state index in [2.05, 4.69) is 20.6 Å². The van der Waals surface area contributed by atoms with Crippen LogP contribution in [-0.4, -0.2) is 31.1 Å². The van der Waals surface area contributed by atoms with E-state index in [1.165, 1.54) is 17.0 Å². The van der Waals surface area contributed by atoms with E-state index in [9.17, 15) is 4.39 Å². The fourth-order valence-corrected chi connectivity index (χ4v) is 3.15. The van der Waals surface area contributed by atoms with E-state index in [0.29, 0.717) is 12.4 Å². The van der Waals surface area contributed by atoms with Crippen molar-refractivity contribution in [2.24, 2.45) is 4.99 Å². The quantitative estimate of drug-likeness (QED) is 0.428. The van der Waals surface area contributed by atoms with Crippen LogP contribution in [0.3, 0.4) is 0 Å². The van der Waals surface area contributed by atoms with Gasteiger partial charge in [-0.1, -0.05) is 0 Å². The summed E-state index contributed by atoms with van der Waals surface area (Å²) in [5.41, 5.74) is 1.07. The molecule has 0 amide bonds. The van der Waals surface area contributed by atoms with Gasteiger partial charge in [-0.05, 0) is 51.0 Å². The van der Waals surface area contributed by atoms with Crippen molar-refractivity contribution < 1.29 is 9.13 Å². The maximum Gasteiger partial charge on any atom is 0.191 e. The summed E-state index contributed by atoms with van der Waals surface area (Å²) in [5, 5.41) is 7.68. The lowest BCUT2D eigenvalue weighted by atomic mass is 10.3. The topological polar surface area (TPSA) is 58.5 Å². The van der Waals surface area contributed by atoms with E-state index in [-0.39, 0.29) is 5.82 Å². The van der Waals surface area contributed by atoms with Crippen LogP contribution in [0.4, 0.5) is 4.39 Å². The summed E-state index contributed by atoms with van der Waals surface area (Å²) in [7, 11) is 1.76. The Labute approximate surface area is 152 Å². The highest BCUT2D eigenvalue weighted by Crippen LogP contribution is 2.16. The molecule has 0 saturated carbocycles. The number of aryl methyl sites for hydroxylation is 2. The second-order valence-corrected chi connectivity index (χ2v) is 6.89. The summed E-state index contributed by atoms with van der Waals surface area (Å²) in [5.74, 6) is 1.23. The van der Waals surface area contributed by atoms with Crippen molar-refractivity contribution in [1.29, 1.82) is 0 Å². The molecule has 1 aromatic heterocycles. The molecule has 25 heavy (non-hydrogen) atoms. The normalized spacial score (nSPS) is 11.4. The fraction of sp³-hybridized carbons (Fsp3) is 0.444. The summed E-state index contributed by atoms with van der Waals surface area (Å²) >= 11 is 1.70.